The number of hydrogen-bond donors (Lipinski definition) is 2. The summed E-state index contributed by atoms with van der Waals surface area (Å²) >= 11 is 0. The maximum absolute atomic E-state index is 12.0. The molecule has 0 saturated carbocycles. The van der Waals surface area contributed by atoms with Crippen LogP contribution < -0.4 is 5.32 Å². The third-order valence-corrected chi connectivity index (χ3v) is 3.94. The van der Waals surface area contributed by atoms with Crippen molar-refractivity contribution in [3.05, 3.63) is 34.9 Å². The molecule has 5 heteroatoms. The van der Waals surface area contributed by atoms with Gasteiger partial charge in [0, 0.05) is 20.0 Å². The second-order valence-electron chi connectivity index (χ2n) is 5.61. The van der Waals surface area contributed by atoms with Crippen molar-refractivity contribution in [2.75, 3.05) is 14.1 Å². The molecule has 0 aliphatic rings. The Hall–Kier alpha value is -1.72. The molecule has 2 N–H and O–H groups in total. The molecule has 0 heterocycles. The molecule has 2 atom stereocenters. The van der Waals surface area contributed by atoms with Crippen LogP contribution in [0.4, 0.5) is 0 Å². The van der Waals surface area contributed by atoms with E-state index in [9.17, 15) is 14.7 Å². The number of rotatable bonds is 8. The first-order valence-electron chi connectivity index (χ1n) is 8.54. The highest BCUT2D eigenvalue weighted by Gasteiger charge is 2.23. The smallest absolute Gasteiger partial charge is 0.237 e. The molecule has 0 spiro atoms. The van der Waals surface area contributed by atoms with Crippen LogP contribution >= 0.6 is 0 Å². The van der Waals surface area contributed by atoms with Crippen LogP contribution in [0.15, 0.2) is 18.2 Å². The Morgan fingerprint density at radius 1 is 1.38 bits per heavy atom. The molecule has 1 aromatic rings. The van der Waals surface area contributed by atoms with Crippen LogP contribution in [0.2, 0.25) is 0 Å². The molecular weight excluding hydrogens is 304 g/mol. The second-order valence-corrected chi connectivity index (χ2v) is 5.61. The van der Waals surface area contributed by atoms with Gasteiger partial charge in [-0.15, -0.1) is 0 Å². The SMILES string of the molecule is CC.CNC(=O)C(CCC=O)N(C)Cc1c(C)cccc1C(C)O. The number of carbonyl (C=O) groups excluding carboxylic acids is 2. The molecule has 1 amide bonds. The average molecular weight is 336 g/mol. The lowest BCUT2D eigenvalue weighted by Gasteiger charge is -2.28. The minimum atomic E-state index is -0.559. The van der Waals surface area contributed by atoms with Gasteiger partial charge in [0.15, 0.2) is 0 Å². The van der Waals surface area contributed by atoms with Gasteiger partial charge in [-0.05, 0) is 44.0 Å². The Balaban J connectivity index is 0.00000254. The number of aryl methyl sites for hydroxylation is 1. The van der Waals surface area contributed by atoms with Crippen molar-refractivity contribution in [2.24, 2.45) is 0 Å². The molecule has 5 nitrogen and oxygen atoms in total. The standard InChI is InChI=1S/C17H26N2O3.C2H6/c1-12-7-5-8-14(13(2)21)15(12)11-19(4)16(9-6-10-20)17(22)18-3;1-2/h5,7-8,10,13,16,21H,6,9,11H2,1-4H3,(H,18,22);1-2H3. The van der Waals surface area contributed by atoms with E-state index in [1.807, 2.05) is 50.9 Å². The summed E-state index contributed by atoms with van der Waals surface area (Å²) in [6, 6.07) is 5.46. The van der Waals surface area contributed by atoms with Crippen molar-refractivity contribution in [2.45, 2.75) is 59.2 Å². The summed E-state index contributed by atoms with van der Waals surface area (Å²) in [6.07, 6.45) is 1.10. The quantitative estimate of drug-likeness (QED) is 0.716. The number of aldehydes is 1. The van der Waals surface area contributed by atoms with E-state index in [1.165, 1.54) is 0 Å². The van der Waals surface area contributed by atoms with Crippen LogP contribution in [0, 0.1) is 6.92 Å². The van der Waals surface area contributed by atoms with E-state index >= 15 is 0 Å². The van der Waals surface area contributed by atoms with Crippen molar-refractivity contribution in [1.82, 2.24) is 10.2 Å². The fourth-order valence-electron chi connectivity index (χ4n) is 2.64. The number of carbonyl (C=O) groups is 2. The lowest BCUT2D eigenvalue weighted by atomic mass is 9.97. The molecule has 0 bridgehead atoms. The van der Waals surface area contributed by atoms with E-state index in [0.29, 0.717) is 19.4 Å². The maximum Gasteiger partial charge on any atom is 0.237 e. The van der Waals surface area contributed by atoms with Gasteiger partial charge >= 0.3 is 0 Å². The number of benzene rings is 1. The Morgan fingerprint density at radius 2 is 2.00 bits per heavy atom. The normalized spacial score (nSPS) is 12.8. The molecule has 0 fully saturated rings. The Kier molecular flexibility index (Phi) is 10.9. The number of aliphatic hydroxyl groups is 1. The summed E-state index contributed by atoms with van der Waals surface area (Å²) in [5.41, 5.74) is 2.98. The molecule has 1 rings (SSSR count). The molecule has 24 heavy (non-hydrogen) atoms. The van der Waals surface area contributed by atoms with Gasteiger partial charge in [0.05, 0.1) is 12.1 Å². The summed E-state index contributed by atoms with van der Waals surface area (Å²) in [5.74, 6) is -0.100. The van der Waals surface area contributed by atoms with E-state index in [0.717, 1.165) is 23.0 Å². The highest BCUT2D eigenvalue weighted by molar-refractivity contribution is 5.81. The van der Waals surface area contributed by atoms with Crippen LogP contribution in [-0.4, -0.2) is 42.3 Å². The van der Waals surface area contributed by atoms with Crippen molar-refractivity contribution in [3.8, 4) is 0 Å². The topological polar surface area (TPSA) is 69.6 Å². The first kappa shape index (κ1) is 22.3. The van der Waals surface area contributed by atoms with Gasteiger partial charge in [-0.3, -0.25) is 9.69 Å². The maximum atomic E-state index is 12.0. The summed E-state index contributed by atoms with van der Waals surface area (Å²) in [4.78, 5) is 24.6. The minimum absolute atomic E-state index is 0.100. The first-order valence-corrected chi connectivity index (χ1v) is 8.54. The van der Waals surface area contributed by atoms with Gasteiger partial charge in [0.1, 0.15) is 6.29 Å². The summed E-state index contributed by atoms with van der Waals surface area (Å²) in [7, 11) is 3.46. The number of likely N-dealkylation sites (N-methyl/N-ethyl adjacent to an activating group) is 2. The summed E-state index contributed by atoms with van der Waals surface area (Å²) < 4.78 is 0. The van der Waals surface area contributed by atoms with Crippen molar-refractivity contribution in [3.63, 3.8) is 0 Å². The van der Waals surface area contributed by atoms with Gasteiger partial charge < -0.3 is 15.2 Å². The molecule has 0 saturated heterocycles. The summed E-state index contributed by atoms with van der Waals surface area (Å²) in [6.45, 7) is 8.28. The van der Waals surface area contributed by atoms with Crippen molar-refractivity contribution in [1.29, 1.82) is 0 Å². The molecule has 0 aromatic heterocycles. The molecule has 2 unspecified atom stereocenters. The van der Waals surface area contributed by atoms with Crippen LogP contribution in [0.25, 0.3) is 0 Å². The summed E-state index contributed by atoms with van der Waals surface area (Å²) in [5, 5.41) is 12.6. The molecule has 0 aliphatic carbocycles. The Bertz CT molecular complexity index is 515. The fraction of sp³-hybridized carbons (Fsp3) is 0.579. The number of amides is 1. The second kappa shape index (κ2) is 11.8. The van der Waals surface area contributed by atoms with E-state index in [2.05, 4.69) is 5.32 Å². The number of nitrogens with zero attached hydrogens (tertiary/aromatic N) is 1. The number of hydrogen-bond acceptors (Lipinski definition) is 4. The van der Waals surface area contributed by atoms with Crippen LogP contribution in [0.1, 0.15) is 56.4 Å². The van der Waals surface area contributed by atoms with Crippen molar-refractivity contribution >= 4 is 12.2 Å². The molecule has 0 radical (unpaired) electrons. The Morgan fingerprint density at radius 3 is 2.50 bits per heavy atom. The third kappa shape index (κ3) is 6.42. The highest BCUT2D eigenvalue weighted by atomic mass is 16.3. The van der Waals surface area contributed by atoms with Crippen LogP contribution in [-0.2, 0) is 16.1 Å². The first-order chi connectivity index (χ1) is 11.4. The zero-order valence-electron chi connectivity index (χ0n) is 15.8. The zero-order valence-corrected chi connectivity index (χ0v) is 15.8. The fourth-order valence-corrected chi connectivity index (χ4v) is 2.64. The van der Waals surface area contributed by atoms with Gasteiger partial charge in [0.25, 0.3) is 0 Å². The molecule has 1 aromatic carbocycles. The zero-order chi connectivity index (χ0) is 18.7. The monoisotopic (exact) mass is 336 g/mol. The molecular formula is C19H32N2O3. The number of aliphatic hydroxyl groups excluding tert-OH is 1. The predicted octanol–water partition coefficient (Wildman–Crippen LogP) is 2.60. The van der Waals surface area contributed by atoms with E-state index in [-0.39, 0.29) is 11.9 Å². The number of nitrogens with one attached hydrogen (secondary N) is 1. The van der Waals surface area contributed by atoms with Gasteiger partial charge in [-0.1, -0.05) is 32.0 Å². The molecule has 136 valence electrons. The third-order valence-electron chi connectivity index (χ3n) is 3.94. The minimum Gasteiger partial charge on any atom is -0.389 e. The Labute approximate surface area is 146 Å². The largest absolute Gasteiger partial charge is 0.389 e. The van der Waals surface area contributed by atoms with Gasteiger partial charge in [-0.2, -0.15) is 0 Å². The lowest BCUT2D eigenvalue weighted by molar-refractivity contribution is -0.126. The van der Waals surface area contributed by atoms with E-state index in [4.69, 9.17) is 0 Å². The van der Waals surface area contributed by atoms with Crippen LogP contribution in [0.3, 0.4) is 0 Å². The van der Waals surface area contributed by atoms with Gasteiger partial charge in [0.2, 0.25) is 5.91 Å². The van der Waals surface area contributed by atoms with E-state index < -0.39 is 6.10 Å². The van der Waals surface area contributed by atoms with E-state index in [1.54, 1.807) is 14.0 Å². The molecule has 0 aliphatic heterocycles. The average Bonchev–Trinajstić information content (AvgIpc) is 2.58. The van der Waals surface area contributed by atoms with Crippen LogP contribution in [0.5, 0.6) is 0 Å². The lowest BCUT2D eigenvalue weighted by Crippen LogP contribution is -2.43. The van der Waals surface area contributed by atoms with Crippen molar-refractivity contribution < 1.29 is 14.7 Å². The highest BCUT2D eigenvalue weighted by Crippen LogP contribution is 2.23. The van der Waals surface area contributed by atoms with Gasteiger partial charge in [-0.25, -0.2) is 0 Å². The predicted molar refractivity (Wildman–Crippen MR) is 97.8 cm³/mol.